The first-order valence-electron chi connectivity index (χ1n) is 5.64. The minimum absolute atomic E-state index is 0.0748. The third-order valence-corrected chi connectivity index (χ3v) is 3.83. The van der Waals surface area contributed by atoms with Crippen LogP contribution in [0.5, 0.6) is 0 Å². The summed E-state index contributed by atoms with van der Waals surface area (Å²) in [6, 6.07) is 0.0748. The number of urea groups is 1. The summed E-state index contributed by atoms with van der Waals surface area (Å²) in [5.41, 5.74) is 0.504. The van der Waals surface area contributed by atoms with Crippen molar-refractivity contribution in [1.82, 2.24) is 10.2 Å². The van der Waals surface area contributed by atoms with Gasteiger partial charge in [0.2, 0.25) is 0 Å². The molecule has 1 heterocycles. The van der Waals surface area contributed by atoms with Gasteiger partial charge in [-0.1, -0.05) is 26.7 Å². The Morgan fingerprint density at radius 1 is 1.29 bits per heavy atom. The molecule has 3 nitrogen and oxygen atoms in total. The van der Waals surface area contributed by atoms with Gasteiger partial charge in [0.25, 0.3) is 0 Å². The van der Waals surface area contributed by atoms with Gasteiger partial charge < -0.3 is 10.2 Å². The van der Waals surface area contributed by atoms with Gasteiger partial charge >= 0.3 is 6.03 Å². The van der Waals surface area contributed by atoms with Gasteiger partial charge in [0, 0.05) is 20.1 Å². The molecule has 1 fully saturated rings. The first-order chi connectivity index (χ1) is 6.67. The van der Waals surface area contributed by atoms with Crippen molar-refractivity contribution in [2.45, 2.75) is 39.5 Å². The molecule has 0 aromatic heterocycles. The zero-order valence-electron chi connectivity index (χ0n) is 9.60. The van der Waals surface area contributed by atoms with Crippen LogP contribution in [0.4, 0.5) is 4.79 Å². The van der Waals surface area contributed by atoms with Crippen molar-refractivity contribution in [3.63, 3.8) is 0 Å². The van der Waals surface area contributed by atoms with Gasteiger partial charge in [-0.05, 0) is 18.3 Å². The second-order valence-electron chi connectivity index (χ2n) is 4.25. The third kappa shape index (κ3) is 2.20. The normalized spacial score (nSPS) is 20.6. The number of nitrogens with one attached hydrogen (secondary N) is 1. The highest BCUT2D eigenvalue weighted by Crippen LogP contribution is 2.37. The van der Waals surface area contributed by atoms with Crippen LogP contribution >= 0.6 is 0 Å². The maximum atomic E-state index is 11.4. The van der Waals surface area contributed by atoms with Crippen LogP contribution in [0.2, 0.25) is 0 Å². The van der Waals surface area contributed by atoms with Crippen molar-refractivity contribution in [3.05, 3.63) is 0 Å². The molecular formula is C11H22N2O. The molecule has 0 bridgehead atoms. The van der Waals surface area contributed by atoms with Gasteiger partial charge in [-0.3, -0.25) is 0 Å². The van der Waals surface area contributed by atoms with Crippen molar-refractivity contribution in [1.29, 1.82) is 0 Å². The van der Waals surface area contributed by atoms with Crippen LogP contribution in [-0.4, -0.2) is 31.1 Å². The monoisotopic (exact) mass is 198 g/mol. The minimum atomic E-state index is 0.0748. The fraction of sp³-hybridized carbons (Fsp3) is 0.909. The van der Waals surface area contributed by atoms with Gasteiger partial charge in [-0.25, -0.2) is 4.79 Å². The average Bonchev–Trinajstić information content (AvgIpc) is 2.28. The molecule has 1 rings (SSSR count). The van der Waals surface area contributed by atoms with Crippen molar-refractivity contribution >= 4 is 6.03 Å². The summed E-state index contributed by atoms with van der Waals surface area (Å²) < 4.78 is 0. The highest BCUT2D eigenvalue weighted by molar-refractivity contribution is 5.73. The zero-order valence-corrected chi connectivity index (χ0v) is 9.60. The minimum Gasteiger partial charge on any atom is -0.341 e. The Bertz CT molecular complexity index is 189. The Hall–Kier alpha value is -0.730. The molecule has 14 heavy (non-hydrogen) atoms. The molecule has 0 unspecified atom stereocenters. The van der Waals surface area contributed by atoms with E-state index in [0.717, 1.165) is 25.9 Å². The van der Waals surface area contributed by atoms with Crippen LogP contribution in [0.15, 0.2) is 0 Å². The summed E-state index contributed by atoms with van der Waals surface area (Å²) in [6.07, 6.45) is 4.80. The van der Waals surface area contributed by atoms with E-state index in [0.29, 0.717) is 5.41 Å². The highest BCUT2D eigenvalue weighted by atomic mass is 16.2. The lowest BCUT2D eigenvalue weighted by Gasteiger charge is -2.40. The smallest absolute Gasteiger partial charge is 0.317 e. The summed E-state index contributed by atoms with van der Waals surface area (Å²) >= 11 is 0. The van der Waals surface area contributed by atoms with Crippen LogP contribution < -0.4 is 5.32 Å². The molecule has 0 aromatic carbocycles. The van der Waals surface area contributed by atoms with Gasteiger partial charge in [0.05, 0.1) is 0 Å². The molecule has 0 aliphatic carbocycles. The zero-order chi connectivity index (χ0) is 10.6. The van der Waals surface area contributed by atoms with Crippen LogP contribution in [-0.2, 0) is 0 Å². The molecule has 1 N–H and O–H groups in total. The maximum Gasteiger partial charge on any atom is 0.317 e. The molecule has 0 saturated carbocycles. The summed E-state index contributed by atoms with van der Waals surface area (Å²) in [5.74, 6) is 0. The SMILES string of the molecule is CCC1(CC)CCN(C(=O)NC)CC1. The Labute approximate surface area is 86.9 Å². The Morgan fingerprint density at radius 2 is 1.79 bits per heavy atom. The van der Waals surface area contributed by atoms with E-state index in [2.05, 4.69) is 19.2 Å². The van der Waals surface area contributed by atoms with Gasteiger partial charge in [-0.15, -0.1) is 0 Å². The van der Waals surface area contributed by atoms with E-state index >= 15 is 0 Å². The van der Waals surface area contributed by atoms with E-state index in [1.807, 2.05) is 4.90 Å². The number of rotatable bonds is 2. The van der Waals surface area contributed by atoms with E-state index in [1.54, 1.807) is 7.05 Å². The lowest BCUT2D eigenvalue weighted by molar-refractivity contribution is 0.110. The van der Waals surface area contributed by atoms with Gasteiger partial charge in [0.1, 0.15) is 0 Å². The van der Waals surface area contributed by atoms with Crippen molar-refractivity contribution in [3.8, 4) is 0 Å². The van der Waals surface area contributed by atoms with Crippen molar-refractivity contribution in [2.24, 2.45) is 5.41 Å². The standard InChI is InChI=1S/C11H22N2O/c1-4-11(5-2)6-8-13(9-7-11)10(14)12-3/h4-9H2,1-3H3,(H,12,14). The predicted molar refractivity (Wildman–Crippen MR) is 58.3 cm³/mol. The molecule has 0 radical (unpaired) electrons. The molecule has 1 aliphatic rings. The molecule has 82 valence electrons. The van der Waals surface area contributed by atoms with E-state index < -0.39 is 0 Å². The molecule has 0 atom stereocenters. The Morgan fingerprint density at radius 3 is 2.14 bits per heavy atom. The second-order valence-corrected chi connectivity index (χ2v) is 4.25. The fourth-order valence-electron chi connectivity index (χ4n) is 2.30. The first kappa shape index (κ1) is 11.3. The summed E-state index contributed by atoms with van der Waals surface area (Å²) in [4.78, 5) is 13.3. The fourth-order valence-corrected chi connectivity index (χ4v) is 2.30. The molecule has 1 aliphatic heterocycles. The predicted octanol–water partition coefficient (Wildman–Crippen LogP) is 2.23. The molecule has 0 spiro atoms. The van der Waals surface area contributed by atoms with E-state index in [1.165, 1.54) is 12.8 Å². The summed E-state index contributed by atoms with van der Waals surface area (Å²) in [6.45, 7) is 6.36. The second kappa shape index (κ2) is 4.67. The number of hydrogen-bond donors (Lipinski definition) is 1. The van der Waals surface area contributed by atoms with Crippen molar-refractivity contribution in [2.75, 3.05) is 20.1 Å². The molecule has 1 saturated heterocycles. The number of likely N-dealkylation sites (tertiary alicyclic amines) is 1. The molecule has 3 heteroatoms. The van der Waals surface area contributed by atoms with E-state index in [9.17, 15) is 4.79 Å². The number of carbonyl (C=O) groups is 1. The lowest BCUT2D eigenvalue weighted by Crippen LogP contribution is -2.46. The van der Waals surface area contributed by atoms with E-state index in [4.69, 9.17) is 0 Å². The molecular weight excluding hydrogens is 176 g/mol. The van der Waals surface area contributed by atoms with Gasteiger partial charge in [0.15, 0.2) is 0 Å². The topological polar surface area (TPSA) is 32.3 Å². The number of piperidine rings is 1. The Balaban J connectivity index is 2.48. The number of hydrogen-bond acceptors (Lipinski definition) is 1. The summed E-state index contributed by atoms with van der Waals surface area (Å²) in [5, 5.41) is 2.69. The number of nitrogens with zero attached hydrogens (tertiary/aromatic N) is 1. The third-order valence-electron chi connectivity index (χ3n) is 3.83. The van der Waals surface area contributed by atoms with Crippen LogP contribution in [0.25, 0.3) is 0 Å². The maximum absolute atomic E-state index is 11.4. The van der Waals surface area contributed by atoms with Gasteiger partial charge in [-0.2, -0.15) is 0 Å². The Kier molecular flexibility index (Phi) is 3.78. The first-order valence-corrected chi connectivity index (χ1v) is 5.64. The molecule has 0 aromatic rings. The van der Waals surface area contributed by atoms with Crippen LogP contribution in [0.3, 0.4) is 0 Å². The highest BCUT2D eigenvalue weighted by Gasteiger charge is 2.32. The quantitative estimate of drug-likeness (QED) is 0.725. The van der Waals surface area contributed by atoms with Crippen molar-refractivity contribution < 1.29 is 4.79 Å². The van der Waals surface area contributed by atoms with E-state index in [-0.39, 0.29) is 6.03 Å². The van der Waals surface area contributed by atoms with Crippen LogP contribution in [0.1, 0.15) is 39.5 Å². The lowest BCUT2D eigenvalue weighted by atomic mass is 9.74. The number of carbonyl (C=O) groups excluding carboxylic acids is 1. The number of amides is 2. The largest absolute Gasteiger partial charge is 0.341 e. The summed E-state index contributed by atoms with van der Waals surface area (Å²) in [7, 11) is 1.70. The average molecular weight is 198 g/mol. The van der Waals surface area contributed by atoms with Crippen LogP contribution in [0, 0.1) is 5.41 Å². The molecule has 2 amide bonds.